The molecule has 0 atom stereocenters. The molecule has 1 fully saturated rings. The molecule has 0 aliphatic carbocycles. The zero-order chi connectivity index (χ0) is 24.4. The van der Waals surface area contributed by atoms with Crippen LogP contribution >= 0.6 is 0 Å². The minimum absolute atomic E-state index is 0.0808. The Kier molecular flexibility index (Phi) is 16.6. The monoisotopic (exact) mass is 465 g/mol. The maximum absolute atomic E-state index is 12.9. The van der Waals surface area contributed by atoms with E-state index in [2.05, 4.69) is 33.1 Å². The van der Waals surface area contributed by atoms with Crippen LogP contribution in [-0.4, -0.2) is 41.5 Å². The number of nitrogens with zero attached hydrogens (tertiary/aromatic N) is 2. The largest absolute Gasteiger partial charge is 0.328 e. The minimum Gasteiger partial charge on any atom is -0.328 e. The van der Waals surface area contributed by atoms with Crippen molar-refractivity contribution in [3.05, 3.63) is 0 Å². The molecule has 1 aliphatic heterocycles. The summed E-state index contributed by atoms with van der Waals surface area (Å²) < 4.78 is 0. The molecule has 0 saturated carbocycles. The number of hydrogen-bond donors (Lipinski definition) is 1. The molecule has 194 valence electrons. The van der Waals surface area contributed by atoms with E-state index in [1.54, 1.807) is 0 Å². The molecular weight excluding hydrogens is 410 g/mol. The third kappa shape index (κ3) is 14.0. The Morgan fingerprint density at radius 2 is 1.36 bits per heavy atom. The fourth-order valence-electron chi connectivity index (χ4n) is 4.66. The van der Waals surface area contributed by atoms with E-state index in [1.165, 1.54) is 83.5 Å². The van der Waals surface area contributed by atoms with Gasteiger partial charge in [0, 0.05) is 24.9 Å². The number of likely N-dealkylation sites (tertiary alicyclic amines) is 1. The van der Waals surface area contributed by atoms with Gasteiger partial charge < -0.3 is 4.90 Å². The molecule has 1 aliphatic rings. The fourth-order valence-corrected chi connectivity index (χ4v) is 4.66. The first-order chi connectivity index (χ1) is 15.9. The Balaban J connectivity index is 2.09. The van der Waals surface area contributed by atoms with E-state index in [4.69, 9.17) is 0 Å². The normalized spacial score (nSPS) is 14.5. The number of unbranched alkanes of at least 4 members (excludes halogenated alkanes) is 13. The molecule has 1 rings (SSSR count). The average molecular weight is 466 g/mol. The highest BCUT2D eigenvalue weighted by molar-refractivity contribution is 5.81. The number of carbonyl (C=O) groups is 2. The Morgan fingerprint density at radius 3 is 1.82 bits per heavy atom. The summed E-state index contributed by atoms with van der Waals surface area (Å²) in [5.74, 6) is 0.282. The van der Waals surface area contributed by atoms with Gasteiger partial charge in [0.1, 0.15) is 0 Å². The minimum atomic E-state index is -0.377. The van der Waals surface area contributed by atoms with Gasteiger partial charge in [-0.05, 0) is 19.3 Å². The van der Waals surface area contributed by atoms with Crippen LogP contribution in [0.25, 0.3) is 0 Å². The highest BCUT2D eigenvalue weighted by atomic mass is 16.2. The second kappa shape index (κ2) is 18.3. The van der Waals surface area contributed by atoms with Crippen molar-refractivity contribution in [2.24, 2.45) is 5.41 Å². The maximum atomic E-state index is 12.9. The highest BCUT2D eigenvalue weighted by Crippen LogP contribution is 2.25. The number of hydrazine groups is 1. The Hall–Kier alpha value is -1.10. The van der Waals surface area contributed by atoms with Crippen molar-refractivity contribution in [1.82, 2.24) is 15.3 Å². The van der Waals surface area contributed by atoms with Gasteiger partial charge in [-0.15, -0.1) is 0 Å². The molecule has 0 bridgehead atoms. The maximum Gasteiger partial charge on any atom is 0.239 e. The van der Waals surface area contributed by atoms with Crippen molar-refractivity contribution in [2.75, 3.05) is 19.8 Å². The summed E-state index contributed by atoms with van der Waals surface area (Å²) in [5, 5.41) is 1.93. The Bertz CT molecular complexity index is 521. The van der Waals surface area contributed by atoms with Gasteiger partial charge in [-0.1, -0.05) is 118 Å². The predicted molar refractivity (Wildman–Crippen MR) is 140 cm³/mol. The lowest BCUT2D eigenvalue weighted by Gasteiger charge is -2.32. The molecule has 33 heavy (non-hydrogen) atoms. The average Bonchev–Trinajstić information content (AvgIpc) is 3.18. The van der Waals surface area contributed by atoms with Crippen LogP contribution < -0.4 is 5.43 Å². The van der Waals surface area contributed by atoms with Crippen LogP contribution in [0.3, 0.4) is 0 Å². The molecule has 0 aromatic carbocycles. The van der Waals surface area contributed by atoms with Crippen LogP contribution in [-0.2, 0) is 9.59 Å². The van der Waals surface area contributed by atoms with Crippen LogP contribution in [0.4, 0.5) is 0 Å². The van der Waals surface area contributed by atoms with Crippen molar-refractivity contribution in [1.29, 1.82) is 0 Å². The zero-order valence-corrected chi connectivity index (χ0v) is 22.6. The number of carbonyl (C=O) groups excluding carboxylic acids is 2. The van der Waals surface area contributed by atoms with Crippen LogP contribution in [0, 0.1) is 5.41 Å². The van der Waals surface area contributed by atoms with Crippen LogP contribution in [0.5, 0.6) is 0 Å². The molecule has 0 aromatic rings. The second-order valence-corrected chi connectivity index (χ2v) is 10.8. The van der Waals surface area contributed by atoms with E-state index >= 15 is 0 Å². The quantitative estimate of drug-likeness (QED) is 0.144. The summed E-state index contributed by atoms with van der Waals surface area (Å²) in [7, 11) is 0. The topological polar surface area (TPSA) is 52.7 Å². The molecule has 0 spiro atoms. The zero-order valence-electron chi connectivity index (χ0n) is 22.6. The van der Waals surface area contributed by atoms with Gasteiger partial charge >= 0.3 is 0 Å². The molecule has 1 heterocycles. The first-order valence-electron chi connectivity index (χ1n) is 14.2. The predicted octanol–water partition coefficient (Wildman–Crippen LogP) is 7.21. The van der Waals surface area contributed by atoms with Crippen LogP contribution in [0.2, 0.25) is 0 Å². The summed E-state index contributed by atoms with van der Waals surface area (Å²) in [6.45, 7) is 10.6. The van der Waals surface area contributed by atoms with Crippen LogP contribution in [0.15, 0.2) is 0 Å². The molecule has 0 unspecified atom stereocenters. The van der Waals surface area contributed by atoms with Crippen molar-refractivity contribution < 1.29 is 9.59 Å². The van der Waals surface area contributed by atoms with Crippen molar-refractivity contribution in [2.45, 2.75) is 143 Å². The lowest BCUT2D eigenvalue weighted by molar-refractivity contribution is -0.139. The van der Waals surface area contributed by atoms with E-state index in [0.29, 0.717) is 13.1 Å². The van der Waals surface area contributed by atoms with Gasteiger partial charge in [-0.3, -0.25) is 15.0 Å². The third-order valence-corrected chi connectivity index (χ3v) is 7.04. The van der Waals surface area contributed by atoms with Gasteiger partial charge in [0.05, 0.1) is 6.67 Å². The van der Waals surface area contributed by atoms with E-state index in [0.717, 1.165) is 38.8 Å². The Morgan fingerprint density at radius 1 is 0.848 bits per heavy atom. The summed E-state index contributed by atoms with van der Waals surface area (Å²) >= 11 is 0. The summed E-state index contributed by atoms with van der Waals surface area (Å²) in [6.07, 6.45) is 22.4. The second-order valence-electron chi connectivity index (χ2n) is 10.8. The van der Waals surface area contributed by atoms with E-state index in [1.807, 2.05) is 9.91 Å². The van der Waals surface area contributed by atoms with Gasteiger partial charge in [0.25, 0.3) is 0 Å². The fraction of sp³-hybridized carbons (Fsp3) is 0.929. The van der Waals surface area contributed by atoms with E-state index < -0.39 is 0 Å². The lowest BCUT2D eigenvalue weighted by atomic mass is 9.86. The smallest absolute Gasteiger partial charge is 0.239 e. The first-order valence-corrected chi connectivity index (χ1v) is 14.2. The SMILES string of the molecule is CCCCCCCCCCCCCCCCC(C)(C)C(=O)NN(CCC)CN1CCCC1=O. The molecule has 1 N–H and O–H groups in total. The molecular formula is C28H55N3O2. The number of rotatable bonds is 21. The summed E-state index contributed by atoms with van der Waals surface area (Å²) in [6, 6.07) is 0. The van der Waals surface area contributed by atoms with Gasteiger partial charge in [0.2, 0.25) is 11.8 Å². The molecule has 2 amide bonds. The Labute approximate surface area is 205 Å². The van der Waals surface area contributed by atoms with Crippen molar-refractivity contribution in [3.63, 3.8) is 0 Å². The standard InChI is InChI=1S/C28H55N3O2/c1-5-7-8-9-10-11-12-13-14-15-16-17-18-19-22-28(3,4)27(33)29-31(23-6-2)25-30-24-20-21-26(30)32/h5-25H2,1-4H3,(H,29,33). The lowest BCUT2D eigenvalue weighted by Crippen LogP contribution is -2.52. The third-order valence-electron chi connectivity index (χ3n) is 7.04. The summed E-state index contributed by atoms with van der Waals surface area (Å²) in [4.78, 5) is 26.7. The number of hydrogen-bond acceptors (Lipinski definition) is 3. The molecule has 0 radical (unpaired) electrons. The van der Waals surface area contributed by atoms with E-state index in [9.17, 15) is 9.59 Å². The number of amides is 2. The van der Waals surface area contributed by atoms with Gasteiger partial charge in [-0.2, -0.15) is 0 Å². The van der Waals surface area contributed by atoms with Crippen molar-refractivity contribution >= 4 is 11.8 Å². The molecule has 1 saturated heterocycles. The van der Waals surface area contributed by atoms with Crippen molar-refractivity contribution in [3.8, 4) is 0 Å². The van der Waals surface area contributed by atoms with E-state index in [-0.39, 0.29) is 17.2 Å². The number of nitrogens with one attached hydrogen (secondary N) is 1. The first kappa shape index (κ1) is 29.9. The van der Waals surface area contributed by atoms with Gasteiger partial charge in [0.15, 0.2) is 0 Å². The molecule has 0 aromatic heterocycles. The molecule has 5 heteroatoms. The van der Waals surface area contributed by atoms with Gasteiger partial charge in [-0.25, -0.2) is 5.01 Å². The summed E-state index contributed by atoms with van der Waals surface area (Å²) in [5.41, 5.74) is 2.73. The molecule has 5 nitrogen and oxygen atoms in total. The van der Waals surface area contributed by atoms with Crippen LogP contribution in [0.1, 0.15) is 143 Å². The highest BCUT2D eigenvalue weighted by Gasteiger charge is 2.29.